The summed E-state index contributed by atoms with van der Waals surface area (Å²) < 4.78 is 5.20. The molecule has 168 valence electrons. The normalized spacial score (nSPS) is 16.8. The predicted molar refractivity (Wildman–Crippen MR) is 133 cm³/mol. The van der Waals surface area contributed by atoms with Gasteiger partial charge in [0.2, 0.25) is 11.8 Å². The van der Waals surface area contributed by atoms with Crippen LogP contribution in [0.2, 0.25) is 5.02 Å². The van der Waals surface area contributed by atoms with Gasteiger partial charge < -0.3 is 10.1 Å². The van der Waals surface area contributed by atoms with Gasteiger partial charge in [0.15, 0.2) is 5.17 Å². The number of aliphatic imine (C=N–C) groups is 1. The second-order valence-corrected chi connectivity index (χ2v) is 8.98. The highest BCUT2D eigenvalue weighted by molar-refractivity contribution is 8.15. The molecule has 0 aromatic heterocycles. The molecule has 0 aliphatic carbocycles. The van der Waals surface area contributed by atoms with Crippen LogP contribution >= 0.6 is 23.4 Å². The Hall–Kier alpha value is -3.29. The summed E-state index contributed by atoms with van der Waals surface area (Å²) in [4.78, 5) is 32.2. The van der Waals surface area contributed by atoms with Gasteiger partial charge in [-0.2, -0.15) is 0 Å². The second-order valence-electron chi connectivity index (χ2n) is 7.37. The van der Waals surface area contributed by atoms with Crippen LogP contribution in [-0.2, 0) is 16.1 Å². The molecular formula is C25H22ClN3O3S. The lowest BCUT2D eigenvalue weighted by molar-refractivity contribution is -0.128. The molecule has 3 aromatic rings. The van der Waals surface area contributed by atoms with Crippen LogP contribution in [0.1, 0.15) is 12.0 Å². The van der Waals surface area contributed by atoms with Gasteiger partial charge in [0.1, 0.15) is 11.0 Å². The van der Waals surface area contributed by atoms with E-state index < -0.39 is 5.25 Å². The smallest absolute Gasteiger partial charge is 0.242 e. The van der Waals surface area contributed by atoms with Crippen LogP contribution in [-0.4, -0.2) is 34.2 Å². The zero-order valence-electron chi connectivity index (χ0n) is 17.9. The molecule has 0 radical (unpaired) electrons. The third-order valence-electron chi connectivity index (χ3n) is 4.98. The zero-order valence-corrected chi connectivity index (χ0v) is 19.5. The predicted octanol–water partition coefficient (Wildman–Crippen LogP) is 5.51. The topological polar surface area (TPSA) is 71.0 Å². The molecule has 1 saturated heterocycles. The zero-order chi connectivity index (χ0) is 23.2. The molecule has 0 bridgehead atoms. The van der Waals surface area contributed by atoms with Crippen molar-refractivity contribution >= 4 is 51.7 Å². The molecule has 0 saturated carbocycles. The molecule has 3 aromatic carbocycles. The third-order valence-corrected chi connectivity index (χ3v) is 6.39. The summed E-state index contributed by atoms with van der Waals surface area (Å²) in [6, 6.07) is 23.9. The van der Waals surface area contributed by atoms with E-state index in [1.54, 1.807) is 36.3 Å². The van der Waals surface area contributed by atoms with E-state index in [1.807, 2.05) is 54.6 Å². The van der Waals surface area contributed by atoms with E-state index in [9.17, 15) is 9.59 Å². The van der Waals surface area contributed by atoms with E-state index in [2.05, 4.69) is 5.32 Å². The number of nitrogens with zero attached hydrogens (tertiary/aromatic N) is 2. The molecule has 1 fully saturated rings. The molecule has 6 nitrogen and oxygen atoms in total. The lowest BCUT2D eigenvalue weighted by Crippen LogP contribution is -2.33. The number of ether oxygens (including phenoxy) is 1. The van der Waals surface area contributed by atoms with E-state index >= 15 is 0 Å². The first-order valence-corrected chi connectivity index (χ1v) is 11.6. The maximum atomic E-state index is 13.3. The lowest BCUT2D eigenvalue weighted by atomic mass is 10.2. The summed E-state index contributed by atoms with van der Waals surface area (Å²) in [5.41, 5.74) is 2.28. The Morgan fingerprint density at radius 2 is 1.85 bits per heavy atom. The number of hydrogen-bond donors (Lipinski definition) is 1. The standard InChI is InChI=1S/C25H22ClN3O3S/c1-32-21-12-10-19(11-13-21)28-25-29(16-17-6-3-2-4-7-17)24(31)22(33-25)15-23(30)27-20-9-5-8-18(26)14-20/h2-14,22H,15-16H2,1H3,(H,27,30)/t22-/m0/s1. The van der Waals surface area contributed by atoms with Crippen molar-refractivity contribution in [3.8, 4) is 5.75 Å². The van der Waals surface area contributed by atoms with Crippen LogP contribution in [0, 0.1) is 0 Å². The van der Waals surface area contributed by atoms with Crippen LogP contribution in [0.25, 0.3) is 0 Å². The number of halogens is 1. The summed E-state index contributed by atoms with van der Waals surface area (Å²) in [6.45, 7) is 0.383. The largest absolute Gasteiger partial charge is 0.497 e. The molecular weight excluding hydrogens is 458 g/mol. The number of hydrogen-bond acceptors (Lipinski definition) is 5. The molecule has 1 aliphatic heterocycles. The van der Waals surface area contributed by atoms with Crippen molar-refractivity contribution in [2.75, 3.05) is 12.4 Å². The van der Waals surface area contributed by atoms with Crippen LogP contribution in [0.4, 0.5) is 11.4 Å². The Labute approximate surface area is 201 Å². The second kappa shape index (κ2) is 10.6. The van der Waals surface area contributed by atoms with Gasteiger partial charge in [-0.15, -0.1) is 0 Å². The Balaban J connectivity index is 1.54. The molecule has 33 heavy (non-hydrogen) atoms. The van der Waals surface area contributed by atoms with E-state index in [-0.39, 0.29) is 18.2 Å². The minimum Gasteiger partial charge on any atom is -0.497 e. The van der Waals surface area contributed by atoms with Crippen molar-refractivity contribution in [2.45, 2.75) is 18.2 Å². The fourth-order valence-electron chi connectivity index (χ4n) is 3.35. The van der Waals surface area contributed by atoms with Gasteiger partial charge in [-0.3, -0.25) is 14.5 Å². The van der Waals surface area contributed by atoms with E-state index in [0.29, 0.717) is 28.1 Å². The van der Waals surface area contributed by atoms with Crippen molar-refractivity contribution < 1.29 is 14.3 Å². The van der Waals surface area contributed by atoms with Gasteiger partial charge in [-0.05, 0) is 48.0 Å². The molecule has 8 heteroatoms. The minimum absolute atomic E-state index is 0.0307. The summed E-state index contributed by atoms with van der Waals surface area (Å²) >= 11 is 7.29. The van der Waals surface area contributed by atoms with Crippen molar-refractivity contribution in [3.05, 3.63) is 89.4 Å². The van der Waals surface area contributed by atoms with Gasteiger partial charge >= 0.3 is 0 Å². The van der Waals surface area contributed by atoms with Crippen molar-refractivity contribution in [2.24, 2.45) is 4.99 Å². The fraction of sp³-hybridized carbons (Fsp3) is 0.160. The summed E-state index contributed by atoms with van der Waals surface area (Å²) in [7, 11) is 1.60. The average molecular weight is 480 g/mol. The Bertz CT molecular complexity index is 1170. The Morgan fingerprint density at radius 1 is 1.09 bits per heavy atom. The van der Waals surface area contributed by atoms with Crippen LogP contribution in [0.5, 0.6) is 5.75 Å². The molecule has 0 unspecified atom stereocenters. The number of carbonyl (C=O) groups is 2. The van der Waals surface area contributed by atoms with Crippen molar-refractivity contribution in [1.82, 2.24) is 4.90 Å². The van der Waals surface area contributed by atoms with Crippen molar-refractivity contribution in [1.29, 1.82) is 0 Å². The number of methoxy groups -OCH3 is 1. The van der Waals surface area contributed by atoms with E-state index in [1.165, 1.54) is 11.8 Å². The summed E-state index contributed by atoms with van der Waals surface area (Å²) in [6.07, 6.45) is 0.0307. The highest BCUT2D eigenvalue weighted by Crippen LogP contribution is 2.33. The van der Waals surface area contributed by atoms with Gasteiger partial charge in [-0.25, -0.2) is 4.99 Å². The van der Waals surface area contributed by atoms with Gasteiger partial charge in [0, 0.05) is 17.1 Å². The van der Waals surface area contributed by atoms with Gasteiger partial charge in [-0.1, -0.05) is 59.8 Å². The monoisotopic (exact) mass is 479 g/mol. The highest BCUT2D eigenvalue weighted by atomic mass is 35.5. The van der Waals surface area contributed by atoms with Crippen LogP contribution in [0.15, 0.2) is 83.9 Å². The van der Waals surface area contributed by atoms with E-state index in [4.69, 9.17) is 21.3 Å². The maximum Gasteiger partial charge on any atom is 0.242 e. The summed E-state index contributed by atoms with van der Waals surface area (Å²) in [5.74, 6) is 0.330. The molecule has 4 rings (SSSR count). The van der Waals surface area contributed by atoms with E-state index in [0.717, 1.165) is 11.3 Å². The number of nitrogens with one attached hydrogen (secondary N) is 1. The first-order valence-electron chi connectivity index (χ1n) is 10.3. The van der Waals surface area contributed by atoms with Crippen LogP contribution in [0.3, 0.4) is 0 Å². The minimum atomic E-state index is -0.565. The maximum absolute atomic E-state index is 13.3. The number of amidine groups is 1. The summed E-state index contributed by atoms with van der Waals surface area (Å²) in [5, 5.41) is 3.34. The van der Waals surface area contributed by atoms with Gasteiger partial charge in [0.05, 0.1) is 19.3 Å². The average Bonchev–Trinajstić information content (AvgIpc) is 3.09. The Morgan fingerprint density at radius 3 is 2.55 bits per heavy atom. The number of benzene rings is 3. The van der Waals surface area contributed by atoms with Gasteiger partial charge in [0.25, 0.3) is 0 Å². The first kappa shape index (κ1) is 22.9. The van der Waals surface area contributed by atoms with Crippen molar-refractivity contribution in [3.63, 3.8) is 0 Å². The number of carbonyl (C=O) groups excluding carboxylic acids is 2. The number of anilines is 1. The molecule has 2 amide bonds. The molecule has 1 atom stereocenters. The highest BCUT2D eigenvalue weighted by Gasteiger charge is 2.39. The number of rotatable bonds is 7. The van der Waals surface area contributed by atoms with Crippen LogP contribution < -0.4 is 10.1 Å². The molecule has 1 heterocycles. The third kappa shape index (κ3) is 5.94. The fourth-order valence-corrected chi connectivity index (χ4v) is 4.70. The Kier molecular flexibility index (Phi) is 7.32. The SMILES string of the molecule is COc1ccc(N=C2S[C@@H](CC(=O)Nc3cccc(Cl)c3)C(=O)N2Cc2ccccc2)cc1. The molecule has 1 aliphatic rings. The quantitative estimate of drug-likeness (QED) is 0.485. The molecule has 0 spiro atoms. The molecule has 1 N–H and O–H groups in total. The number of thioether (sulfide) groups is 1. The lowest BCUT2D eigenvalue weighted by Gasteiger charge is -2.16. The number of amides is 2. The first-order chi connectivity index (χ1) is 16.0.